The molecule has 0 aliphatic heterocycles. The molecule has 0 aliphatic carbocycles. The van der Waals surface area contributed by atoms with E-state index in [1.807, 2.05) is 30.3 Å². The van der Waals surface area contributed by atoms with Crippen LogP contribution < -0.4 is 10.6 Å². The molecule has 0 atom stereocenters. The highest BCUT2D eigenvalue weighted by Crippen LogP contribution is 2.24. The molecule has 0 fully saturated rings. The van der Waals surface area contributed by atoms with E-state index in [9.17, 15) is 0 Å². The van der Waals surface area contributed by atoms with E-state index in [2.05, 4.69) is 51.8 Å². The molecule has 5 nitrogen and oxygen atoms in total. The Bertz CT molecular complexity index is 786. The lowest BCUT2D eigenvalue weighted by Crippen LogP contribution is -2.10. The molecular weight excluding hydrogens is 298 g/mol. The Kier molecular flexibility index (Phi) is 5.21. The van der Waals surface area contributed by atoms with Crippen molar-refractivity contribution in [3.8, 4) is 0 Å². The largest absolute Gasteiger partial charge is 0.367 e. The molecule has 1 aromatic carbocycles. The molecule has 5 heteroatoms. The van der Waals surface area contributed by atoms with Crippen molar-refractivity contribution in [3.63, 3.8) is 0 Å². The van der Waals surface area contributed by atoms with Gasteiger partial charge < -0.3 is 10.6 Å². The smallest absolute Gasteiger partial charge is 0.175 e. The van der Waals surface area contributed by atoms with E-state index in [1.165, 1.54) is 5.56 Å². The minimum atomic E-state index is 0.650. The van der Waals surface area contributed by atoms with Crippen LogP contribution in [0.2, 0.25) is 0 Å². The normalized spacial score (nSPS) is 11.0. The molecule has 3 rings (SSSR count). The second-order valence-electron chi connectivity index (χ2n) is 6.25. The van der Waals surface area contributed by atoms with E-state index < -0.39 is 0 Å². The highest BCUT2D eigenvalue weighted by Gasteiger charge is 2.10. The Hall–Kier alpha value is -2.69. The topological polar surface area (TPSA) is 62.7 Å². The van der Waals surface area contributed by atoms with Crippen LogP contribution in [0.25, 0.3) is 10.9 Å². The van der Waals surface area contributed by atoms with Gasteiger partial charge in [0.1, 0.15) is 5.52 Å². The van der Waals surface area contributed by atoms with Crippen molar-refractivity contribution in [2.24, 2.45) is 5.92 Å². The van der Waals surface area contributed by atoms with Crippen LogP contribution in [0.5, 0.6) is 0 Å². The quantitative estimate of drug-likeness (QED) is 0.686. The van der Waals surface area contributed by atoms with Crippen molar-refractivity contribution in [2.75, 3.05) is 17.2 Å². The van der Waals surface area contributed by atoms with Gasteiger partial charge in [0.15, 0.2) is 11.6 Å². The minimum Gasteiger partial charge on any atom is -0.367 e. The third kappa shape index (κ3) is 3.98. The predicted octanol–water partition coefficient (Wildman–Crippen LogP) is 4.09. The summed E-state index contributed by atoms with van der Waals surface area (Å²) in [4.78, 5) is 4.49. The van der Waals surface area contributed by atoms with Gasteiger partial charge in [0.05, 0.1) is 0 Å². The number of fused-ring (bicyclic) bond motifs is 1. The van der Waals surface area contributed by atoms with E-state index >= 15 is 0 Å². The first-order valence-electron chi connectivity index (χ1n) is 8.37. The molecule has 0 bridgehead atoms. The summed E-state index contributed by atoms with van der Waals surface area (Å²) in [7, 11) is 0. The maximum Gasteiger partial charge on any atom is 0.175 e. The zero-order valence-electron chi connectivity index (χ0n) is 14.2. The molecule has 0 amide bonds. The molecule has 124 valence electrons. The summed E-state index contributed by atoms with van der Waals surface area (Å²) in [6, 6.07) is 14.2. The molecule has 2 heterocycles. The molecule has 2 aromatic heterocycles. The van der Waals surface area contributed by atoms with Crippen LogP contribution in [0.15, 0.2) is 48.7 Å². The first kappa shape index (κ1) is 16.2. The lowest BCUT2D eigenvalue weighted by Gasteiger charge is -2.12. The van der Waals surface area contributed by atoms with Crippen molar-refractivity contribution in [2.45, 2.75) is 26.8 Å². The second kappa shape index (κ2) is 7.73. The SMILES string of the molecule is CC(C)CCNc1nnc(NCc2ccccc2)c2cccnc12. The summed E-state index contributed by atoms with van der Waals surface area (Å²) in [5.41, 5.74) is 2.06. The first-order valence-corrected chi connectivity index (χ1v) is 8.37. The molecule has 3 aromatic rings. The van der Waals surface area contributed by atoms with Crippen LogP contribution in [0, 0.1) is 5.92 Å². The average molecular weight is 321 g/mol. The Morgan fingerprint density at radius 3 is 2.50 bits per heavy atom. The summed E-state index contributed by atoms with van der Waals surface area (Å²) in [5, 5.41) is 16.4. The molecule has 24 heavy (non-hydrogen) atoms. The first-order chi connectivity index (χ1) is 11.7. The van der Waals surface area contributed by atoms with E-state index in [0.29, 0.717) is 12.5 Å². The van der Waals surface area contributed by atoms with E-state index in [0.717, 1.165) is 35.5 Å². The van der Waals surface area contributed by atoms with Crippen LogP contribution in [-0.4, -0.2) is 21.7 Å². The molecule has 0 unspecified atom stereocenters. The summed E-state index contributed by atoms with van der Waals surface area (Å²) >= 11 is 0. The summed E-state index contributed by atoms with van der Waals surface area (Å²) in [6.45, 7) is 6.00. The number of anilines is 2. The standard InChI is InChI=1S/C19H23N5/c1-14(2)10-12-21-19-17-16(9-6-11-20-17)18(23-24-19)22-13-15-7-4-3-5-8-15/h3-9,11,14H,10,12-13H2,1-2H3,(H,21,24)(H,22,23). The Balaban J connectivity index is 1.80. The molecule has 0 aliphatic rings. The van der Waals surface area contributed by atoms with Crippen molar-refractivity contribution in [1.82, 2.24) is 15.2 Å². The van der Waals surface area contributed by atoms with Crippen LogP contribution in [-0.2, 0) is 6.54 Å². The number of nitrogens with one attached hydrogen (secondary N) is 2. The molecule has 0 saturated carbocycles. The van der Waals surface area contributed by atoms with Crippen LogP contribution in [0.3, 0.4) is 0 Å². The van der Waals surface area contributed by atoms with Gasteiger partial charge >= 0.3 is 0 Å². The fourth-order valence-electron chi connectivity index (χ4n) is 2.50. The number of nitrogens with zero attached hydrogens (tertiary/aromatic N) is 3. The number of hydrogen-bond acceptors (Lipinski definition) is 5. The van der Waals surface area contributed by atoms with Gasteiger partial charge in [-0.25, -0.2) is 0 Å². The van der Waals surface area contributed by atoms with Crippen molar-refractivity contribution in [1.29, 1.82) is 0 Å². The van der Waals surface area contributed by atoms with Crippen molar-refractivity contribution in [3.05, 3.63) is 54.2 Å². The van der Waals surface area contributed by atoms with Crippen molar-refractivity contribution >= 4 is 22.5 Å². The minimum absolute atomic E-state index is 0.650. The average Bonchev–Trinajstić information content (AvgIpc) is 2.61. The highest BCUT2D eigenvalue weighted by molar-refractivity contribution is 5.95. The predicted molar refractivity (Wildman–Crippen MR) is 99.0 cm³/mol. The molecule has 0 saturated heterocycles. The van der Waals surface area contributed by atoms with E-state index in [-0.39, 0.29) is 0 Å². The van der Waals surface area contributed by atoms with Crippen LogP contribution in [0.4, 0.5) is 11.6 Å². The van der Waals surface area contributed by atoms with Gasteiger partial charge in [0.25, 0.3) is 0 Å². The molecular formula is C19H23N5. The van der Waals surface area contributed by atoms with Gasteiger partial charge in [-0.3, -0.25) is 4.98 Å². The maximum absolute atomic E-state index is 4.49. The monoisotopic (exact) mass is 321 g/mol. The summed E-state index contributed by atoms with van der Waals surface area (Å²) in [6.07, 6.45) is 2.88. The maximum atomic E-state index is 4.49. The summed E-state index contributed by atoms with van der Waals surface area (Å²) < 4.78 is 0. The number of pyridine rings is 1. The lowest BCUT2D eigenvalue weighted by molar-refractivity contribution is 0.606. The number of hydrogen-bond donors (Lipinski definition) is 2. The van der Waals surface area contributed by atoms with Gasteiger partial charge in [-0.15, -0.1) is 10.2 Å². The third-order valence-electron chi connectivity index (χ3n) is 3.85. The molecule has 0 radical (unpaired) electrons. The van der Waals surface area contributed by atoms with Crippen LogP contribution in [0.1, 0.15) is 25.8 Å². The highest BCUT2D eigenvalue weighted by atomic mass is 15.2. The van der Waals surface area contributed by atoms with Gasteiger partial charge in [-0.2, -0.15) is 0 Å². The van der Waals surface area contributed by atoms with Gasteiger partial charge in [0.2, 0.25) is 0 Å². The van der Waals surface area contributed by atoms with Crippen LogP contribution >= 0.6 is 0 Å². The zero-order valence-corrected chi connectivity index (χ0v) is 14.2. The molecule has 2 N–H and O–H groups in total. The van der Waals surface area contributed by atoms with Gasteiger partial charge in [-0.05, 0) is 30.0 Å². The molecule has 0 spiro atoms. The fraction of sp³-hybridized carbons (Fsp3) is 0.316. The zero-order chi connectivity index (χ0) is 16.8. The lowest BCUT2D eigenvalue weighted by atomic mass is 10.1. The second-order valence-corrected chi connectivity index (χ2v) is 6.25. The fourth-order valence-corrected chi connectivity index (χ4v) is 2.50. The summed E-state index contributed by atoms with van der Waals surface area (Å²) in [5.74, 6) is 2.16. The van der Waals surface area contributed by atoms with Crippen molar-refractivity contribution < 1.29 is 0 Å². The Morgan fingerprint density at radius 1 is 0.917 bits per heavy atom. The Labute approximate surface area is 142 Å². The number of rotatable bonds is 7. The Morgan fingerprint density at radius 2 is 1.71 bits per heavy atom. The van der Waals surface area contributed by atoms with E-state index in [4.69, 9.17) is 0 Å². The van der Waals surface area contributed by atoms with E-state index in [1.54, 1.807) is 6.20 Å². The van der Waals surface area contributed by atoms with Gasteiger partial charge in [0, 0.05) is 24.7 Å². The third-order valence-corrected chi connectivity index (χ3v) is 3.85. The number of aromatic nitrogens is 3. The van der Waals surface area contributed by atoms with Gasteiger partial charge in [-0.1, -0.05) is 44.2 Å². The number of benzene rings is 1.